The third kappa shape index (κ3) is 2.56. The van der Waals surface area contributed by atoms with Gasteiger partial charge in [0.15, 0.2) is 5.82 Å². The molecule has 0 amide bonds. The molecular formula is C10H13N3OS. The first-order valence-electron chi connectivity index (χ1n) is 4.83. The zero-order chi connectivity index (χ0) is 10.7. The molecule has 0 aliphatic carbocycles. The maximum atomic E-state index is 5.17. The Balaban J connectivity index is 1.94. The highest BCUT2D eigenvalue weighted by molar-refractivity contribution is 7.07. The normalized spacial score (nSPS) is 10.9. The van der Waals surface area contributed by atoms with E-state index in [1.165, 1.54) is 0 Å². The molecule has 0 fully saturated rings. The van der Waals surface area contributed by atoms with Gasteiger partial charge in [0.25, 0.3) is 0 Å². The van der Waals surface area contributed by atoms with Crippen molar-refractivity contribution in [3.63, 3.8) is 0 Å². The predicted molar refractivity (Wildman–Crippen MR) is 60.0 cm³/mol. The molecule has 4 nitrogen and oxygen atoms in total. The van der Waals surface area contributed by atoms with Crippen molar-refractivity contribution in [2.24, 2.45) is 0 Å². The Kier molecular flexibility index (Phi) is 3.01. The molecule has 0 spiro atoms. The second-order valence-corrected chi connectivity index (χ2v) is 4.32. The zero-order valence-electron chi connectivity index (χ0n) is 8.73. The third-order valence-electron chi connectivity index (χ3n) is 2.03. The minimum Gasteiger partial charge on any atom is -0.362 e. The summed E-state index contributed by atoms with van der Waals surface area (Å²) in [5, 5.41) is 9.10. The molecule has 0 saturated heterocycles. The number of hydrogen-bond acceptors (Lipinski definition) is 5. The molecule has 2 heterocycles. The largest absolute Gasteiger partial charge is 0.362 e. The van der Waals surface area contributed by atoms with Gasteiger partial charge in [-0.15, -0.1) is 11.3 Å². The molecule has 0 saturated carbocycles. The van der Waals surface area contributed by atoms with E-state index < -0.39 is 0 Å². The zero-order valence-corrected chi connectivity index (χ0v) is 9.54. The summed E-state index contributed by atoms with van der Waals surface area (Å²) in [6, 6.07) is 1.93. The van der Waals surface area contributed by atoms with Crippen molar-refractivity contribution in [1.29, 1.82) is 0 Å². The maximum Gasteiger partial charge on any atom is 0.169 e. The van der Waals surface area contributed by atoms with Crippen LogP contribution in [-0.4, -0.2) is 10.1 Å². The molecule has 0 unspecified atom stereocenters. The smallest absolute Gasteiger partial charge is 0.169 e. The second kappa shape index (κ2) is 4.44. The third-order valence-corrected chi connectivity index (χ3v) is 2.67. The van der Waals surface area contributed by atoms with Gasteiger partial charge in [-0.3, -0.25) is 0 Å². The molecule has 2 aromatic rings. The number of nitrogens with one attached hydrogen (secondary N) is 1. The molecule has 0 bridgehead atoms. The molecule has 0 atom stereocenters. The van der Waals surface area contributed by atoms with E-state index in [4.69, 9.17) is 4.52 Å². The molecule has 0 aliphatic heterocycles. The Labute approximate surface area is 92.3 Å². The van der Waals surface area contributed by atoms with E-state index in [9.17, 15) is 0 Å². The van der Waals surface area contributed by atoms with Crippen molar-refractivity contribution >= 4 is 17.2 Å². The second-order valence-electron chi connectivity index (χ2n) is 3.60. The molecule has 1 N–H and O–H groups in total. The van der Waals surface area contributed by atoms with Crippen LogP contribution < -0.4 is 5.32 Å². The van der Waals surface area contributed by atoms with Gasteiger partial charge in [-0.2, -0.15) is 0 Å². The van der Waals surface area contributed by atoms with Crippen molar-refractivity contribution in [3.8, 4) is 0 Å². The van der Waals surface area contributed by atoms with Gasteiger partial charge in [-0.1, -0.05) is 19.0 Å². The predicted octanol–water partition coefficient (Wildman–Crippen LogP) is 2.87. The molecular weight excluding hydrogens is 210 g/mol. The summed E-state index contributed by atoms with van der Waals surface area (Å²) >= 11 is 1.59. The number of hydrogen-bond donors (Lipinski definition) is 1. The number of rotatable bonds is 4. The van der Waals surface area contributed by atoms with E-state index in [1.807, 2.05) is 17.0 Å². The maximum absolute atomic E-state index is 5.17. The van der Waals surface area contributed by atoms with Gasteiger partial charge in [0.05, 0.1) is 17.7 Å². The van der Waals surface area contributed by atoms with Gasteiger partial charge in [-0.05, 0) is 0 Å². The van der Waals surface area contributed by atoms with Crippen LogP contribution in [0.5, 0.6) is 0 Å². The van der Waals surface area contributed by atoms with Crippen molar-refractivity contribution in [2.45, 2.75) is 26.3 Å². The first-order valence-corrected chi connectivity index (χ1v) is 5.77. The van der Waals surface area contributed by atoms with E-state index >= 15 is 0 Å². The van der Waals surface area contributed by atoms with Crippen LogP contribution >= 0.6 is 11.3 Å². The standard InChI is InChI=1S/C10H13N3OS/c1-7(2)9-3-10(13-14-9)11-4-8-5-15-6-12-8/h3,5-7H,4H2,1-2H3,(H,11,13). The van der Waals surface area contributed by atoms with E-state index in [2.05, 4.69) is 29.3 Å². The van der Waals surface area contributed by atoms with E-state index in [0.717, 1.165) is 17.3 Å². The fourth-order valence-corrected chi connectivity index (χ4v) is 1.71. The number of aromatic nitrogens is 2. The minimum absolute atomic E-state index is 0.368. The fourth-order valence-electron chi connectivity index (χ4n) is 1.15. The van der Waals surface area contributed by atoms with Gasteiger partial charge >= 0.3 is 0 Å². The molecule has 0 radical (unpaired) electrons. The van der Waals surface area contributed by atoms with Crippen LogP contribution in [0.15, 0.2) is 21.5 Å². The molecule has 5 heteroatoms. The van der Waals surface area contributed by atoms with Crippen molar-refractivity contribution in [3.05, 3.63) is 28.4 Å². The summed E-state index contributed by atoms with van der Waals surface area (Å²) in [6.07, 6.45) is 0. The van der Waals surface area contributed by atoms with E-state index in [-0.39, 0.29) is 0 Å². The molecule has 15 heavy (non-hydrogen) atoms. The highest BCUT2D eigenvalue weighted by atomic mass is 32.1. The molecule has 0 aliphatic rings. The summed E-state index contributed by atoms with van der Waals surface area (Å²) in [5.74, 6) is 2.04. The highest BCUT2D eigenvalue weighted by Crippen LogP contribution is 2.18. The SMILES string of the molecule is CC(C)c1cc(NCc2cscn2)no1. The summed E-state index contributed by atoms with van der Waals surface area (Å²) in [4.78, 5) is 4.17. The Morgan fingerprint density at radius 1 is 1.53 bits per heavy atom. The lowest BCUT2D eigenvalue weighted by molar-refractivity contribution is 0.373. The van der Waals surface area contributed by atoms with Gasteiger partial charge < -0.3 is 9.84 Å². The lowest BCUT2D eigenvalue weighted by atomic mass is 10.2. The van der Waals surface area contributed by atoms with Gasteiger partial charge in [0.2, 0.25) is 0 Å². The average molecular weight is 223 g/mol. The Bertz CT molecular complexity index is 408. The van der Waals surface area contributed by atoms with Crippen LogP contribution in [0.2, 0.25) is 0 Å². The van der Waals surface area contributed by atoms with Crippen LogP contribution in [0.4, 0.5) is 5.82 Å². The average Bonchev–Trinajstić information content (AvgIpc) is 2.86. The quantitative estimate of drug-likeness (QED) is 0.866. The Morgan fingerprint density at radius 3 is 3.00 bits per heavy atom. The first kappa shape index (κ1) is 10.2. The molecule has 80 valence electrons. The van der Waals surface area contributed by atoms with Gasteiger partial charge in [-0.25, -0.2) is 4.98 Å². The van der Waals surface area contributed by atoms with Gasteiger partial charge in [0.1, 0.15) is 5.76 Å². The van der Waals surface area contributed by atoms with Crippen LogP contribution in [0, 0.1) is 0 Å². The van der Waals surface area contributed by atoms with Crippen LogP contribution in [-0.2, 0) is 6.54 Å². The summed E-state index contributed by atoms with van der Waals surface area (Å²) < 4.78 is 5.17. The Hall–Kier alpha value is -1.36. The topological polar surface area (TPSA) is 51.0 Å². The fraction of sp³-hybridized carbons (Fsp3) is 0.400. The van der Waals surface area contributed by atoms with Gasteiger partial charge in [0, 0.05) is 17.4 Å². The number of anilines is 1. The summed E-state index contributed by atoms with van der Waals surface area (Å²) in [7, 11) is 0. The highest BCUT2D eigenvalue weighted by Gasteiger charge is 2.07. The summed E-state index contributed by atoms with van der Waals surface area (Å²) in [6.45, 7) is 4.84. The molecule has 2 aromatic heterocycles. The Morgan fingerprint density at radius 2 is 2.40 bits per heavy atom. The lowest BCUT2D eigenvalue weighted by Gasteiger charge is -1.97. The lowest BCUT2D eigenvalue weighted by Crippen LogP contribution is -1.99. The van der Waals surface area contributed by atoms with Crippen LogP contribution in [0.3, 0.4) is 0 Å². The van der Waals surface area contributed by atoms with Crippen molar-refractivity contribution in [2.75, 3.05) is 5.32 Å². The van der Waals surface area contributed by atoms with Crippen LogP contribution in [0.25, 0.3) is 0 Å². The van der Waals surface area contributed by atoms with E-state index in [0.29, 0.717) is 12.5 Å². The molecule has 2 rings (SSSR count). The number of nitrogens with zero attached hydrogens (tertiary/aromatic N) is 2. The molecule has 0 aromatic carbocycles. The van der Waals surface area contributed by atoms with E-state index in [1.54, 1.807) is 11.3 Å². The van der Waals surface area contributed by atoms with Crippen molar-refractivity contribution < 1.29 is 4.52 Å². The minimum atomic E-state index is 0.368. The number of thiazole rings is 1. The van der Waals surface area contributed by atoms with Crippen molar-refractivity contribution in [1.82, 2.24) is 10.1 Å². The first-order chi connectivity index (χ1) is 7.25. The van der Waals surface area contributed by atoms with Crippen LogP contribution in [0.1, 0.15) is 31.2 Å². The summed E-state index contributed by atoms with van der Waals surface area (Å²) in [5.41, 5.74) is 2.84. The monoisotopic (exact) mass is 223 g/mol.